The lowest BCUT2D eigenvalue weighted by Crippen LogP contribution is -2.53. The number of methoxy groups -OCH3 is 1. The minimum absolute atomic E-state index is 0.0287. The van der Waals surface area contributed by atoms with Gasteiger partial charge in [-0.2, -0.15) is 0 Å². The van der Waals surface area contributed by atoms with E-state index < -0.39 is 33.2 Å². The summed E-state index contributed by atoms with van der Waals surface area (Å²) in [7, 11) is -2.38. The smallest absolute Gasteiger partial charge is 0.305 e. The zero-order valence-corrected chi connectivity index (χ0v) is 15.3. The number of hydrogen-bond acceptors (Lipinski definition) is 5. The molecule has 1 amide bonds. The van der Waals surface area contributed by atoms with Crippen molar-refractivity contribution in [1.29, 1.82) is 0 Å². The summed E-state index contributed by atoms with van der Waals surface area (Å²) in [5, 5.41) is 11.4. The molecule has 140 valence electrons. The molecule has 0 heterocycles. The highest BCUT2D eigenvalue weighted by Gasteiger charge is 2.32. The second kappa shape index (κ2) is 8.77. The van der Waals surface area contributed by atoms with Crippen LogP contribution in [0.3, 0.4) is 0 Å². The van der Waals surface area contributed by atoms with Crippen LogP contribution in [0, 0.1) is 5.92 Å². The van der Waals surface area contributed by atoms with Crippen molar-refractivity contribution in [2.24, 2.45) is 5.92 Å². The molecule has 1 aliphatic rings. The Morgan fingerprint density at radius 3 is 2.33 bits per heavy atom. The maximum atomic E-state index is 12.1. The summed E-state index contributed by atoms with van der Waals surface area (Å²) in [4.78, 5) is 23.0. The molecule has 0 bridgehead atoms. The molecule has 0 aromatic carbocycles. The van der Waals surface area contributed by atoms with Gasteiger partial charge in [-0.05, 0) is 38.5 Å². The molecule has 9 heteroatoms. The highest BCUT2D eigenvalue weighted by molar-refractivity contribution is 7.90. The minimum Gasteiger partial charge on any atom is -0.481 e. The Morgan fingerprint density at radius 2 is 1.83 bits per heavy atom. The number of carboxylic acid groups (broad SMARTS) is 1. The number of amides is 1. The minimum atomic E-state index is -3.76. The monoisotopic (exact) mass is 364 g/mol. The van der Waals surface area contributed by atoms with Crippen LogP contribution in [0.4, 0.5) is 0 Å². The van der Waals surface area contributed by atoms with Gasteiger partial charge < -0.3 is 15.2 Å². The van der Waals surface area contributed by atoms with Crippen molar-refractivity contribution in [1.82, 2.24) is 10.0 Å². The first kappa shape index (κ1) is 20.9. The van der Waals surface area contributed by atoms with Crippen LogP contribution in [0.2, 0.25) is 0 Å². The van der Waals surface area contributed by atoms with Gasteiger partial charge in [-0.3, -0.25) is 9.59 Å². The van der Waals surface area contributed by atoms with Crippen molar-refractivity contribution >= 4 is 21.9 Å². The average molecular weight is 364 g/mol. The van der Waals surface area contributed by atoms with Crippen molar-refractivity contribution < 1.29 is 27.9 Å². The van der Waals surface area contributed by atoms with E-state index in [1.54, 1.807) is 0 Å². The van der Waals surface area contributed by atoms with Gasteiger partial charge in [0.1, 0.15) is 5.75 Å². The van der Waals surface area contributed by atoms with Crippen molar-refractivity contribution in [3.8, 4) is 0 Å². The first-order valence-corrected chi connectivity index (χ1v) is 9.72. The van der Waals surface area contributed by atoms with E-state index in [1.807, 2.05) is 0 Å². The van der Waals surface area contributed by atoms with Crippen LogP contribution in [0.15, 0.2) is 0 Å². The molecule has 1 unspecified atom stereocenters. The zero-order valence-electron chi connectivity index (χ0n) is 14.5. The fraction of sp³-hybridized carbons (Fsp3) is 0.867. The molecule has 24 heavy (non-hydrogen) atoms. The molecule has 1 aliphatic carbocycles. The topological polar surface area (TPSA) is 122 Å². The molecule has 3 N–H and O–H groups in total. The van der Waals surface area contributed by atoms with Crippen molar-refractivity contribution in [3.05, 3.63) is 0 Å². The number of hydrogen-bond donors (Lipinski definition) is 3. The molecule has 0 aromatic heterocycles. The Morgan fingerprint density at radius 1 is 1.25 bits per heavy atom. The first-order valence-electron chi connectivity index (χ1n) is 8.07. The SMILES string of the molecule is COCC(C)(CC(=O)O)NC(=O)CS(=O)(=O)NC1CCC(C)CC1. The van der Waals surface area contributed by atoms with E-state index >= 15 is 0 Å². The van der Waals surface area contributed by atoms with Crippen LogP contribution in [-0.2, 0) is 24.3 Å². The van der Waals surface area contributed by atoms with E-state index in [2.05, 4.69) is 17.0 Å². The van der Waals surface area contributed by atoms with E-state index in [0.29, 0.717) is 5.92 Å². The molecule has 0 radical (unpaired) electrons. The van der Waals surface area contributed by atoms with Gasteiger partial charge in [-0.25, -0.2) is 13.1 Å². The van der Waals surface area contributed by atoms with E-state index in [1.165, 1.54) is 14.0 Å². The average Bonchev–Trinajstić information content (AvgIpc) is 2.38. The van der Waals surface area contributed by atoms with Crippen molar-refractivity contribution in [3.63, 3.8) is 0 Å². The lowest BCUT2D eigenvalue weighted by atomic mass is 9.88. The summed E-state index contributed by atoms with van der Waals surface area (Å²) in [6.45, 7) is 3.61. The summed E-state index contributed by atoms with van der Waals surface area (Å²) in [5.41, 5.74) is -1.16. The summed E-state index contributed by atoms with van der Waals surface area (Å²) in [6, 6.07) is -0.136. The number of carbonyl (C=O) groups excluding carboxylic acids is 1. The second-order valence-electron chi connectivity index (χ2n) is 6.95. The molecular weight excluding hydrogens is 336 g/mol. The number of aliphatic carboxylic acids is 1. The van der Waals surface area contributed by atoms with Gasteiger partial charge in [0.2, 0.25) is 15.9 Å². The van der Waals surface area contributed by atoms with Gasteiger partial charge in [0, 0.05) is 13.2 Å². The Bertz CT molecular complexity index is 542. The van der Waals surface area contributed by atoms with Gasteiger partial charge in [0.25, 0.3) is 0 Å². The molecular formula is C15H28N2O6S. The molecule has 0 aromatic rings. The largest absolute Gasteiger partial charge is 0.481 e. The molecule has 0 aliphatic heterocycles. The Hall–Kier alpha value is -1.19. The Kier molecular flexibility index (Phi) is 7.62. The number of rotatable bonds is 9. The summed E-state index contributed by atoms with van der Waals surface area (Å²) in [6.07, 6.45) is 3.10. The van der Waals surface area contributed by atoms with Crippen LogP contribution >= 0.6 is 0 Å². The Labute approximate surface area is 143 Å². The van der Waals surface area contributed by atoms with E-state index in [0.717, 1.165) is 25.7 Å². The predicted molar refractivity (Wildman–Crippen MR) is 89.0 cm³/mol. The number of sulfonamides is 1. The quantitative estimate of drug-likeness (QED) is 0.547. The third-order valence-corrected chi connectivity index (χ3v) is 5.46. The standard InChI is InChI=1S/C15H28N2O6S/c1-11-4-6-12(7-5-11)17-24(21,22)9-13(18)16-15(2,10-23-3)8-14(19)20/h11-12,17H,4-10H2,1-3H3,(H,16,18)(H,19,20). The number of nitrogens with one attached hydrogen (secondary N) is 2. The first-order chi connectivity index (χ1) is 11.1. The highest BCUT2D eigenvalue weighted by Crippen LogP contribution is 2.23. The lowest BCUT2D eigenvalue weighted by molar-refractivity contribution is -0.139. The molecule has 1 fully saturated rings. The number of carbonyl (C=O) groups is 2. The fourth-order valence-electron chi connectivity index (χ4n) is 3.00. The van der Waals surface area contributed by atoms with Crippen molar-refractivity contribution in [2.75, 3.05) is 19.5 Å². The third kappa shape index (κ3) is 7.59. The zero-order chi connectivity index (χ0) is 18.4. The van der Waals surface area contributed by atoms with Gasteiger partial charge in [-0.15, -0.1) is 0 Å². The van der Waals surface area contributed by atoms with Crippen molar-refractivity contribution in [2.45, 2.75) is 57.5 Å². The summed E-state index contributed by atoms with van der Waals surface area (Å²) >= 11 is 0. The fourth-order valence-corrected chi connectivity index (χ4v) is 4.25. The lowest BCUT2D eigenvalue weighted by Gasteiger charge is -2.29. The van der Waals surface area contributed by atoms with Gasteiger partial charge in [-0.1, -0.05) is 6.92 Å². The molecule has 8 nitrogen and oxygen atoms in total. The highest BCUT2D eigenvalue weighted by atomic mass is 32.2. The summed E-state index contributed by atoms with van der Waals surface area (Å²) in [5.74, 6) is -1.97. The normalized spacial score (nSPS) is 24.1. The molecule has 1 rings (SSSR count). The third-order valence-electron chi connectivity index (χ3n) is 4.13. The van der Waals surface area contributed by atoms with E-state index in [4.69, 9.17) is 9.84 Å². The van der Waals surface area contributed by atoms with Gasteiger partial charge in [0.15, 0.2) is 0 Å². The molecule has 1 saturated carbocycles. The molecule has 0 spiro atoms. The van der Waals surface area contributed by atoms with E-state index in [9.17, 15) is 18.0 Å². The predicted octanol–water partition coefficient (Wildman–Crippen LogP) is 0.481. The maximum Gasteiger partial charge on any atom is 0.305 e. The van der Waals surface area contributed by atoms with Gasteiger partial charge >= 0.3 is 5.97 Å². The summed E-state index contributed by atoms with van der Waals surface area (Å²) < 4.78 is 31.8. The van der Waals surface area contributed by atoms with Crippen LogP contribution < -0.4 is 10.0 Å². The Balaban J connectivity index is 2.59. The van der Waals surface area contributed by atoms with Crippen LogP contribution in [-0.4, -0.2) is 56.5 Å². The van der Waals surface area contributed by atoms with E-state index in [-0.39, 0.29) is 19.1 Å². The number of carboxylic acids is 1. The van der Waals surface area contributed by atoms with Crippen LogP contribution in [0.1, 0.15) is 46.0 Å². The number of ether oxygens (including phenoxy) is 1. The maximum absolute atomic E-state index is 12.1. The van der Waals surface area contributed by atoms with Gasteiger partial charge in [0.05, 0.1) is 18.6 Å². The van der Waals surface area contributed by atoms with Crippen LogP contribution in [0.25, 0.3) is 0 Å². The molecule has 1 atom stereocenters. The van der Waals surface area contributed by atoms with Crippen LogP contribution in [0.5, 0.6) is 0 Å². The molecule has 0 saturated heterocycles. The second-order valence-corrected chi connectivity index (χ2v) is 8.70.